The highest BCUT2D eigenvalue weighted by atomic mass is 35.5. The van der Waals surface area contributed by atoms with Crippen molar-refractivity contribution in [3.8, 4) is 16.9 Å². The van der Waals surface area contributed by atoms with Gasteiger partial charge in [0.2, 0.25) is 0 Å². The van der Waals surface area contributed by atoms with E-state index < -0.39 is 0 Å². The molecule has 0 atom stereocenters. The second-order valence-corrected chi connectivity index (χ2v) is 5.09. The van der Waals surface area contributed by atoms with E-state index in [9.17, 15) is 0 Å². The Bertz CT molecular complexity index is 610. The molecule has 0 amide bonds. The van der Waals surface area contributed by atoms with Crippen molar-refractivity contribution in [3.63, 3.8) is 0 Å². The van der Waals surface area contributed by atoms with Gasteiger partial charge >= 0.3 is 0 Å². The highest BCUT2D eigenvalue weighted by Gasteiger charge is 2.18. The summed E-state index contributed by atoms with van der Waals surface area (Å²) in [6.07, 6.45) is 1.00. The lowest BCUT2D eigenvalue weighted by molar-refractivity contribution is 0.416. The van der Waals surface area contributed by atoms with Crippen LogP contribution in [0.4, 0.5) is 0 Å². The molecule has 0 fully saturated rings. The van der Waals surface area contributed by atoms with Crippen molar-refractivity contribution in [3.05, 3.63) is 52.5 Å². The van der Waals surface area contributed by atoms with Crippen molar-refractivity contribution in [2.45, 2.75) is 13.0 Å². The van der Waals surface area contributed by atoms with Gasteiger partial charge in [-0.2, -0.15) is 0 Å². The van der Waals surface area contributed by atoms with Gasteiger partial charge in [0, 0.05) is 22.7 Å². The van der Waals surface area contributed by atoms with E-state index in [1.54, 1.807) is 7.11 Å². The first-order valence-corrected chi connectivity index (χ1v) is 6.83. The van der Waals surface area contributed by atoms with Crippen LogP contribution >= 0.6 is 11.6 Å². The smallest absolute Gasteiger partial charge is 0.126 e. The summed E-state index contributed by atoms with van der Waals surface area (Å²) in [7, 11) is 1.70. The molecular formula is C16H16ClNO. The Hall–Kier alpha value is -1.51. The predicted molar refractivity (Wildman–Crippen MR) is 78.9 cm³/mol. The molecule has 19 heavy (non-hydrogen) atoms. The third-order valence-electron chi connectivity index (χ3n) is 3.60. The number of halogens is 1. The molecule has 0 saturated heterocycles. The molecule has 2 aromatic rings. The van der Waals surface area contributed by atoms with Crippen molar-refractivity contribution in [1.29, 1.82) is 0 Å². The highest BCUT2D eigenvalue weighted by Crippen LogP contribution is 2.39. The van der Waals surface area contributed by atoms with Crippen molar-refractivity contribution in [2.24, 2.45) is 0 Å². The Morgan fingerprint density at radius 1 is 1.16 bits per heavy atom. The number of fused-ring (bicyclic) bond motifs is 1. The fourth-order valence-electron chi connectivity index (χ4n) is 2.69. The van der Waals surface area contributed by atoms with Crippen LogP contribution in [-0.2, 0) is 13.0 Å². The van der Waals surface area contributed by atoms with Gasteiger partial charge in [-0.25, -0.2) is 0 Å². The van der Waals surface area contributed by atoms with Crippen LogP contribution in [0, 0.1) is 0 Å². The lowest BCUT2D eigenvalue weighted by Gasteiger charge is -2.22. The topological polar surface area (TPSA) is 21.3 Å². The second-order valence-electron chi connectivity index (χ2n) is 4.69. The summed E-state index contributed by atoms with van der Waals surface area (Å²) in [4.78, 5) is 0. The van der Waals surface area contributed by atoms with E-state index in [2.05, 4.69) is 17.4 Å². The third-order valence-corrected chi connectivity index (χ3v) is 3.92. The Balaban J connectivity index is 2.24. The number of hydrogen-bond donors (Lipinski definition) is 1. The first kappa shape index (κ1) is 12.5. The number of hydrogen-bond acceptors (Lipinski definition) is 2. The molecule has 0 saturated carbocycles. The average Bonchev–Trinajstić information content (AvgIpc) is 2.47. The van der Waals surface area contributed by atoms with E-state index in [4.69, 9.17) is 16.3 Å². The molecule has 3 heteroatoms. The van der Waals surface area contributed by atoms with Gasteiger partial charge in [-0.3, -0.25) is 0 Å². The highest BCUT2D eigenvalue weighted by molar-refractivity contribution is 6.33. The lowest BCUT2D eigenvalue weighted by Crippen LogP contribution is -2.24. The molecule has 1 aliphatic rings. The molecule has 2 aromatic carbocycles. The van der Waals surface area contributed by atoms with E-state index in [1.807, 2.05) is 24.3 Å². The molecule has 0 aliphatic carbocycles. The number of para-hydroxylation sites is 1. The summed E-state index contributed by atoms with van der Waals surface area (Å²) in [6, 6.07) is 12.1. The minimum absolute atomic E-state index is 0.796. The molecule has 3 rings (SSSR count). The van der Waals surface area contributed by atoms with Crippen LogP contribution in [0.15, 0.2) is 36.4 Å². The largest absolute Gasteiger partial charge is 0.496 e. The van der Waals surface area contributed by atoms with Gasteiger partial charge in [-0.1, -0.05) is 35.9 Å². The zero-order valence-corrected chi connectivity index (χ0v) is 11.6. The van der Waals surface area contributed by atoms with Crippen LogP contribution in [0.3, 0.4) is 0 Å². The van der Waals surface area contributed by atoms with Gasteiger partial charge in [0.25, 0.3) is 0 Å². The number of nitrogens with one attached hydrogen (secondary N) is 1. The van der Waals surface area contributed by atoms with E-state index in [0.29, 0.717) is 0 Å². The zero-order valence-electron chi connectivity index (χ0n) is 10.9. The fraction of sp³-hybridized carbons (Fsp3) is 0.250. The van der Waals surface area contributed by atoms with Gasteiger partial charge in [0.1, 0.15) is 5.75 Å². The maximum Gasteiger partial charge on any atom is 0.126 e. The molecule has 0 spiro atoms. The summed E-state index contributed by atoms with van der Waals surface area (Å²) in [5.41, 5.74) is 4.87. The molecule has 98 valence electrons. The Labute approximate surface area is 118 Å². The van der Waals surface area contributed by atoms with Crippen molar-refractivity contribution in [2.75, 3.05) is 13.7 Å². The Morgan fingerprint density at radius 2 is 2.00 bits per heavy atom. The van der Waals surface area contributed by atoms with Crippen molar-refractivity contribution >= 4 is 11.6 Å². The molecule has 0 unspecified atom stereocenters. The number of ether oxygens (including phenoxy) is 1. The van der Waals surface area contributed by atoms with E-state index in [1.165, 1.54) is 11.1 Å². The zero-order chi connectivity index (χ0) is 13.2. The van der Waals surface area contributed by atoms with Crippen molar-refractivity contribution < 1.29 is 4.74 Å². The van der Waals surface area contributed by atoms with Gasteiger partial charge in [0.15, 0.2) is 0 Å². The number of rotatable bonds is 2. The molecule has 0 radical (unpaired) electrons. The molecule has 0 aromatic heterocycles. The summed E-state index contributed by atoms with van der Waals surface area (Å²) in [5.74, 6) is 0.872. The monoisotopic (exact) mass is 273 g/mol. The molecule has 1 N–H and O–H groups in total. The molecular weight excluding hydrogens is 258 g/mol. The average molecular weight is 274 g/mol. The second kappa shape index (κ2) is 5.24. The molecule has 0 bridgehead atoms. The van der Waals surface area contributed by atoms with Crippen LogP contribution in [-0.4, -0.2) is 13.7 Å². The quantitative estimate of drug-likeness (QED) is 0.902. The van der Waals surface area contributed by atoms with E-state index in [0.717, 1.165) is 41.4 Å². The summed E-state index contributed by atoms with van der Waals surface area (Å²) < 4.78 is 5.47. The van der Waals surface area contributed by atoms with Crippen LogP contribution < -0.4 is 10.1 Å². The van der Waals surface area contributed by atoms with Crippen molar-refractivity contribution in [1.82, 2.24) is 5.32 Å². The number of benzene rings is 2. The van der Waals surface area contributed by atoms with Gasteiger partial charge < -0.3 is 10.1 Å². The first-order chi connectivity index (χ1) is 9.31. The van der Waals surface area contributed by atoms with Gasteiger partial charge in [-0.15, -0.1) is 0 Å². The SMILES string of the molecule is COc1ccccc1-c1c(Cl)ccc2c1CCNC2. The minimum Gasteiger partial charge on any atom is -0.496 e. The molecule has 2 nitrogen and oxygen atoms in total. The fourth-order valence-corrected chi connectivity index (χ4v) is 2.97. The Kier molecular flexibility index (Phi) is 3.45. The standard InChI is InChI=1S/C16H16ClNO/c1-19-15-5-3-2-4-13(15)16-12-8-9-18-10-11(12)6-7-14(16)17/h2-7,18H,8-10H2,1H3. The molecule has 1 aliphatic heterocycles. The summed E-state index contributed by atoms with van der Waals surface area (Å²) in [5, 5.41) is 4.19. The maximum absolute atomic E-state index is 6.45. The summed E-state index contributed by atoms with van der Waals surface area (Å²) >= 11 is 6.45. The first-order valence-electron chi connectivity index (χ1n) is 6.45. The van der Waals surface area contributed by atoms with Crippen LogP contribution in [0.2, 0.25) is 5.02 Å². The minimum atomic E-state index is 0.796. The van der Waals surface area contributed by atoms with Crippen LogP contribution in [0.5, 0.6) is 5.75 Å². The van der Waals surface area contributed by atoms with Crippen LogP contribution in [0.1, 0.15) is 11.1 Å². The normalized spacial score (nSPS) is 14.0. The predicted octanol–water partition coefficient (Wildman–Crippen LogP) is 3.66. The third kappa shape index (κ3) is 2.22. The van der Waals surface area contributed by atoms with E-state index in [-0.39, 0.29) is 0 Å². The lowest BCUT2D eigenvalue weighted by atomic mass is 9.91. The Morgan fingerprint density at radius 3 is 2.84 bits per heavy atom. The maximum atomic E-state index is 6.45. The summed E-state index contributed by atoms with van der Waals surface area (Å²) in [6.45, 7) is 1.91. The van der Waals surface area contributed by atoms with E-state index >= 15 is 0 Å². The van der Waals surface area contributed by atoms with Gasteiger partial charge in [-0.05, 0) is 36.2 Å². The van der Waals surface area contributed by atoms with Crippen LogP contribution in [0.25, 0.3) is 11.1 Å². The van der Waals surface area contributed by atoms with Gasteiger partial charge in [0.05, 0.1) is 7.11 Å². The molecule has 1 heterocycles. The number of methoxy groups -OCH3 is 1.